The van der Waals surface area contributed by atoms with Crippen LogP contribution in [0.2, 0.25) is 0 Å². The highest BCUT2D eigenvalue weighted by atomic mass is 32.2. The molecule has 0 atom stereocenters. The number of nitrogens with one attached hydrogen (secondary N) is 2. The van der Waals surface area contributed by atoms with Crippen LogP contribution in [0.15, 0.2) is 33.7 Å². The lowest BCUT2D eigenvalue weighted by Gasteiger charge is -2.26. The molecule has 2 N–H and O–H groups in total. The number of sulfonamides is 1. The van der Waals surface area contributed by atoms with E-state index in [0.717, 1.165) is 4.31 Å². The second-order valence-electron chi connectivity index (χ2n) is 8.38. The molecule has 2 amide bonds. The summed E-state index contributed by atoms with van der Waals surface area (Å²) < 4.78 is 31.9. The van der Waals surface area contributed by atoms with E-state index in [-0.39, 0.29) is 48.2 Å². The highest BCUT2D eigenvalue weighted by molar-refractivity contribution is 7.89. The second-order valence-corrected chi connectivity index (χ2v) is 10.3. The van der Waals surface area contributed by atoms with Gasteiger partial charge in [0, 0.05) is 37.0 Å². The number of anilines is 1. The van der Waals surface area contributed by atoms with Gasteiger partial charge in [-0.2, -0.15) is 9.29 Å². The Morgan fingerprint density at radius 1 is 1.32 bits per heavy atom. The number of aryl methyl sites for hydroxylation is 1. The molecule has 11 heteroatoms. The van der Waals surface area contributed by atoms with Crippen molar-refractivity contribution in [2.75, 3.05) is 25.0 Å². The third kappa shape index (κ3) is 5.88. The summed E-state index contributed by atoms with van der Waals surface area (Å²) >= 11 is 0. The molecule has 1 aromatic carbocycles. The summed E-state index contributed by atoms with van der Waals surface area (Å²) in [5.41, 5.74) is 0.169. The van der Waals surface area contributed by atoms with Crippen molar-refractivity contribution >= 4 is 27.5 Å². The van der Waals surface area contributed by atoms with Gasteiger partial charge in [0.1, 0.15) is 0 Å². The van der Waals surface area contributed by atoms with Crippen molar-refractivity contribution < 1.29 is 22.5 Å². The van der Waals surface area contributed by atoms with E-state index >= 15 is 0 Å². The van der Waals surface area contributed by atoms with E-state index in [1.807, 2.05) is 20.8 Å². The number of rotatable bonds is 7. The molecule has 0 bridgehead atoms. The number of amides is 2. The van der Waals surface area contributed by atoms with Crippen LogP contribution in [0, 0.1) is 0 Å². The Morgan fingerprint density at radius 3 is 2.77 bits per heavy atom. The van der Waals surface area contributed by atoms with Crippen LogP contribution in [0.4, 0.5) is 5.69 Å². The molecule has 10 nitrogen and oxygen atoms in total. The van der Waals surface area contributed by atoms with E-state index in [1.54, 1.807) is 12.1 Å². The van der Waals surface area contributed by atoms with Gasteiger partial charge in [0.2, 0.25) is 27.7 Å². The van der Waals surface area contributed by atoms with Crippen LogP contribution >= 0.6 is 0 Å². The van der Waals surface area contributed by atoms with Gasteiger partial charge in [0.15, 0.2) is 5.82 Å². The van der Waals surface area contributed by atoms with E-state index in [9.17, 15) is 18.0 Å². The summed E-state index contributed by atoms with van der Waals surface area (Å²) in [6.07, 6.45) is 1.21. The molecule has 0 aliphatic carbocycles. The number of aromatic nitrogens is 2. The van der Waals surface area contributed by atoms with Crippen molar-refractivity contribution in [1.82, 2.24) is 19.8 Å². The van der Waals surface area contributed by atoms with Crippen molar-refractivity contribution in [2.24, 2.45) is 0 Å². The van der Waals surface area contributed by atoms with E-state index in [2.05, 4.69) is 20.8 Å². The number of benzene rings is 1. The molecule has 3 rings (SSSR count). The zero-order valence-corrected chi connectivity index (χ0v) is 18.7. The van der Waals surface area contributed by atoms with Crippen molar-refractivity contribution in [3.8, 4) is 0 Å². The highest BCUT2D eigenvalue weighted by Crippen LogP contribution is 2.21. The predicted octanol–water partition coefficient (Wildman–Crippen LogP) is 1.45. The van der Waals surface area contributed by atoms with Crippen LogP contribution in [-0.4, -0.2) is 54.3 Å². The van der Waals surface area contributed by atoms with Crippen LogP contribution in [-0.2, 0) is 31.4 Å². The van der Waals surface area contributed by atoms with Gasteiger partial charge in [-0.15, -0.1) is 0 Å². The Labute approximate surface area is 181 Å². The van der Waals surface area contributed by atoms with Gasteiger partial charge < -0.3 is 15.2 Å². The first-order chi connectivity index (χ1) is 14.6. The molecule has 1 aromatic heterocycles. The maximum absolute atomic E-state index is 12.8. The van der Waals surface area contributed by atoms with Crippen molar-refractivity contribution in [1.29, 1.82) is 0 Å². The molecule has 0 spiro atoms. The number of hydrogen-bond donors (Lipinski definition) is 2. The van der Waals surface area contributed by atoms with Crippen molar-refractivity contribution in [3.63, 3.8) is 0 Å². The number of carbonyl (C=O) groups excluding carboxylic acids is 2. The predicted molar refractivity (Wildman–Crippen MR) is 113 cm³/mol. The molecular formula is C20H27N5O5S. The molecule has 1 fully saturated rings. The van der Waals surface area contributed by atoms with Crippen molar-refractivity contribution in [2.45, 2.75) is 50.3 Å². The summed E-state index contributed by atoms with van der Waals surface area (Å²) in [4.78, 5) is 28.2. The smallest absolute Gasteiger partial charge is 0.243 e. The number of piperazine rings is 1. The summed E-state index contributed by atoms with van der Waals surface area (Å²) in [6, 6.07) is 6.01. The monoisotopic (exact) mass is 449 g/mol. The molecule has 0 unspecified atom stereocenters. The van der Waals surface area contributed by atoms with Gasteiger partial charge in [-0.3, -0.25) is 9.59 Å². The van der Waals surface area contributed by atoms with Gasteiger partial charge in [0.05, 0.1) is 11.4 Å². The minimum absolute atomic E-state index is 0.0283. The number of carbonyl (C=O) groups is 2. The number of hydrogen-bond acceptors (Lipinski definition) is 7. The number of nitrogens with zero attached hydrogens (tertiary/aromatic N) is 3. The summed E-state index contributed by atoms with van der Waals surface area (Å²) in [5, 5.41) is 9.27. The van der Waals surface area contributed by atoms with Gasteiger partial charge in [-0.1, -0.05) is 32.0 Å². The third-order valence-corrected chi connectivity index (χ3v) is 6.53. The molecule has 2 aromatic rings. The van der Waals surface area contributed by atoms with E-state index < -0.39 is 10.0 Å². The lowest BCUT2D eigenvalue weighted by atomic mass is 9.96. The fourth-order valence-electron chi connectivity index (χ4n) is 2.99. The molecule has 2 heterocycles. The first-order valence-corrected chi connectivity index (χ1v) is 11.5. The lowest BCUT2D eigenvalue weighted by Crippen LogP contribution is -2.49. The summed E-state index contributed by atoms with van der Waals surface area (Å²) in [7, 11) is -3.82. The van der Waals surface area contributed by atoms with Gasteiger partial charge in [-0.25, -0.2) is 8.42 Å². The Kier molecular flexibility index (Phi) is 6.75. The standard InChI is InChI=1S/C20H27N5O5S/c1-20(2,3)19-23-18(30-24-19)9-5-8-16(26)22-14-6-4-7-15(12-14)31(28,29)25-11-10-21-17(27)13-25/h4,6-7,12H,5,8-11,13H2,1-3H3,(H,21,27)(H,22,26). The minimum atomic E-state index is -3.82. The van der Waals surface area contributed by atoms with Crippen LogP contribution < -0.4 is 10.6 Å². The Bertz CT molecular complexity index is 1060. The van der Waals surface area contributed by atoms with Crippen LogP contribution in [0.5, 0.6) is 0 Å². The maximum Gasteiger partial charge on any atom is 0.243 e. The molecule has 0 radical (unpaired) electrons. The average molecular weight is 450 g/mol. The van der Waals surface area contributed by atoms with Crippen LogP contribution in [0.3, 0.4) is 0 Å². The molecule has 1 aliphatic rings. The molecule has 31 heavy (non-hydrogen) atoms. The second kappa shape index (κ2) is 9.15. The fraction of sp³-hybridized carbons (Fsp3) is 0.500. The first-order valence-electron chi connectivity index (χ1n) is 10.1. The van der Waals surface area contributed by atoms with E-state index in [4.69, 9.17) is 4.52 Å². The van der Waals surface area contributed by atoms with Crippen LogP contribution in [0.1, 0.15) is 45.3 Å². The zero-order chi connectivity index (χ0) is 22.6. The fourth-order valence-corrected chi connectivity index (χ4v) is 4.43. The minimum Gasteiger partial charge on any atom is -0.354 e. The maximum atomic E-state index is 12.8. The normalized spacial score (nSPS) is 15.5. The molecule has 1 aliphatic heterocycles. The summed E-state index contributed by atoms with van der Waals surface area (Å²) in [6.45, 7) is 6.23. The zero-order valence-electron chi connectivity index (χ0n) is 17.8. The first kappa shape index (κ1) is 22.9. The van der Waals surface area contributed by atoms with Gasteiger partial charge in [-0.05, 0) is 24.6 Å². The quantitative estimate of drug-likeness (QED) is 0.653. The SMILES string of the molecule is CC(C)(C)c1noc(CCCC(=O)Nc2cccc(S(=O)(=O)N3CCNC(=O)C3)c2)n1. The average Bonchev–Trinajstić information content (AvgIpc) is 3.18. The summed E-state index contributed by atoms with van der Waals surface area (Å²) in [5.74, 6) is 0.519. The Hall–Kier alpha value is -2.79. The topological polar surface area (TPSA) is 134 Å². The largest absolute Gasteiger partial charge is 0.354 e. The van der Waals surface area contributed by atoms with E-state index in [0.29, 0.717) is 30.2 Å². The molecular weight excluding hydrogens is 422 g/mol. The Morgan fingerprint density at radius 2 is 2.10 bits per heavy atom. The molecule has 1 saturated heterocycles. The van der Waals surface area contributed by atoms with Crippen molar-refractivity contribution in [3.05, 3.63) is 36.0 Å². The van der Waals surface area contributed by atoms with Gasteiger partial charge >= 0.3 is 0 Å². The highest BCUT2D eigenvalue weighted by Gasteiger charge is 2.29. The Balaban J connectivity index is 1.56. The van der Waals surface area contributed by atoms with Crippen LogP contribution in [0.25, 0.3) is 0 Å². The molecule has 0 saturated carbocycles. The molecule has 168 valence electrons. The third-order valence-electron chi connectivity index (χ3n) is 4.69. The van der Waals surface area contributed by atoms with Gasteiger partial charge in [0.25, 0.3) is 0 Å². The van der Waals surface area contributed by atoms with E-state index in [1.165, 1.54) is 12.1 Å². The lowest BCUT2D eigenvalue weighted by molar-refractivity contribution is -0.122.